The van der Waals surface area contributed by atoms with Gasteiger partial charge in [0.05, 0.1) is 26.4 Å². The number of carbonyl (C=O) groups excluding carboxylic acids is 5. The van der Waals surface area contributed by atoms with Crippen molar-refractivity contribution < 1.29 is 67.9 Å². The lowest BCUT2D eigenvalue weighted by molar-refractivity contribution is -0.141. The normalized spacial score (nSPS) is 16.1. The molecule has 1 saturated carbocycles. The van der Waals surface area contributed by atoms with E-state index in [1.165, 1.54) is 0 Å². The molecule has 0 saturated heterocycles. The van der Waals surface area contributed by atoms with E-state index in [1.54, 1.807) is 0 Å². The summed E-state index contributed by atoms with van der Waals surface area (Å²) >= 11 is 0. The number of ether oxygens (including phenoxy) is 3. The zero-order valence-corrected chi connectivity index (χ0v) is 36.0. The molecule has 11 N–H and O–H groups in total. The third kappa shape index (κ3) is 21.0. The van der Waals surface area contributed by atoms with Gasteiger partial charge < -0.3 is 67.2 Å². The Labute approximate surface area is 371 Å². The van der Waals surface area contributed by atoms with Crippen LogP contribution in [0.5, 0.6) is 0 Å². The molecule has 6 amide bonds. The molecule has 0 unspecified atom stereocenters. The number of carboxylic acid groups (broad SMARTS) is 3. The Morgan fingerprint density at radius 2 is 1.30 bits per heavy atom. The molecule has 3 atom stereocenters. The average Bonchev–Trinajstić information content (AvgIpc) is 3.27. The Hall–Kier alpha value is -5.90. The van der Waals surface area contributed by atoms with Crippen molar-refractivity contribution in [2.45, 2.75) is 82.3 Å². The lowest BCUT2D eigenvalue weighted by Gasteiger charge is -2.29. The van der Waals surface area contributed by atoms with Crippen LogP contribution in [0, 0.1) is 11.8 Å². The van der Waals surface area contributed by atoms with Gasteiger partial charge in [0, 0.05) is 44.9 Å². The topological polar surface area (TPSA) is 323 Å². The Morgan fingerprint density at radius 1 is 0.656 bits per heavy atom. The summed E-state index contributed by atoms with van der Waals surface area (Å²) in [7, 11) is 0. The highest BCUT2D eigenvalue weighted by molar-refractivity contribution is 5.89. The third-order valence-corrected chi connectivity index (χ3v) is 10.4. The van der Waals surface area contributed by atoms with Gasteiger partial charge in [-0.05, 0) is 73.6 Å². The molecular weight excluding hydrogens is 839 g/mol. The second-order valence-corrected chi connectivity index (χ2v) is 15.4. The first-order valence-corrected chi connectivity index (χ1v) is 21.5. The van der Waals surface area contributed by atoms with E-state index in [0.717, 1.165) is 16.3 Å². The van der Waals surface area contributed by atoms with Crippen LogP contribution in [0.4, 0.5) is 4.79 Å². The first-order valence-electron chi connectivity index (χ1n) is 21.5. The standard InChI is InChI=1S/C43H63N7O14/c44-16-19-62-21-22-63-20-18-45-36(51)26-64-27-37(52)47-25-28-8-12-31(13-9-28)39(55)48-35(24-29-10-11-30-5-1-2-6-32(30)23-29)40(56)46-17-4-3-7-33(41(57)58)49-43(61)50-34(42(59)60)14-15-38(53)54/h1-2,5-6,10-11,23,28,31,33-35H,3-4,7-9,12-22,24-27,44H2,(H,45,51)(H,46,56)(H,47,52)(H,48,55)(H,53,54)(H,57,58)(H,59,60)(H2,49,50,61)/t28?,31?,33-,34-,35-/m0/s1. The summed E-state index contributed by atoms with van der Waals surface area (Å²) in [5.41, 5.74) is 6.17. The monoisotopic (exact) mass is 901 g/mol. The summed E-state index contributed by atoms with van der Waals surface area (Å²) in [6.45, 7) is 2.24. The van der Waals surface area contributed by atoms with Crippen molar-refractivity contribution in [2.24, 2.45) is 17.6 Å². The quantitative estimate of drug-likeness (QED) is 0.0454. The van der Waals surface area contributed by atoms with Crippen molar-refractivity contribution in [3.8, 4) is 0 Å². The molecule has 2 aromatic rings. The fraction of sp³-hybridized carbons (Fsp3) is 0.581. The zero-order valence-electron chi connectivity index (χ0n) is 36.0. The molecule has 21 heteroatoms. The highest BCUT2D eigenvalue weighted by Gasteiger charge is 2.30. The van der Waals surface area contributed by atoms with Gasteiger partial charge in [-0.1, -0.05) is 42.5 Å². The molecule has 21 nitrogen and oxygen atoms in total. The predicted octanol–water partition coefficient (Wildman–Crippen LogP) is 0.271. The number of amides is 6. The Bertz CT molecular complexity index is 1840. The second kappa shape index (κ2) is 29.5. The molecule has 0 bridgehead atoms. The van der Waals surface area contributed by atoms with E-state index >= 15 is 0 Å². The molecule has 1 fully saturated rings. The Morgan fingerprint density at radius 3 is 1.95 bits per heavy atom. The van der Waals surface area contributed by atoms with Crippen molar-refractivity contribution in [1.29, 1.82) is 0 Å². The maximum atomic E-state index is 13.6. The van der Waals surface area contributed by atoms with Crippen LogP contribution >= 0.6 is 0 Å². The summed E-state index contributed by atoms with van der Waals surface area (Å²) in [6.07, 6.45) is 2.25. The van der Waals surface area contributed by atoms with E-state index in [0.29, 0.717) is 71.6 Å². The lowest BCUT2D eigenvalue weighted by atomic mass is 9.81. The molecule has 0 aromatic heterocycles. The van der Waals surface area contributed by atoms with E-state index in [1.807, 2.05) is 42.5 Å². The van der Waals surface area contributed by atoms with Crippen LogP contribution in [-0.2, 0) is 54.2 Å². The fourth-order valence-electron chi connectivity index (χ4n) is 6.94. The molecule has 64 heavy (non-hydrogen) atoms. The van der Waals surface area contributed by atoms with Gasteiger partial charge in [0.25, 0.3) is 0 Å². The summed E-state index contributed by atoms with van der Waals surface area (Å²) in [4.78, 5) is 97.9. The number of rotatable bonds is 31. The van der Waals surface area contributed by atoms with Crippen LogP contribution < -0.4 is 37.6 Å². The van der Waals surface area contributed by atoms with Crippen LogP contribution in [0.15, 0.2) is 42.5 Å². The van der Waals surface area contributed by atoms with Crippen molar-refractivity contribution >= 4 is 58.3 Å². The van der Waals surface area contributed by atoms with Gasteiger partial charge in [0.1, 0.15) is 31.3 Å². The molecule has 0 heterocycles. The summed E-state index contributed by atoms with van der Waals surface area (Å²) in [6, 6.07) is 8.64. The largest absolute Gasteiger partial charge is 0.481 e. The zero-order chi connectivity index (χ0) is 46.7. The van der Waals surface area contributed by atoms with Gasteiger partial charge in [0.2, 0.25) is 23.6 Å². The SMILES string of the molecule is NCCOCCOCCNC(=O)COCC(=O)NCC1CCC(C(=O)N[C@@H](Cc2ccc3ccccc3c2)C(=O)NCCCC[C@H](NC(=O)N[C@@H](CCC(=O)O)C(=O)O)C(=O)O)CC1. The first-order chi connectivity index (χ1) is 30.7. The van der Waals surface area contributed by atoms with Crippen molar-refractivity contribution in [1.82, 2.24) is 31.9 Å². The molecule has 3 rings (SSSR count). The van der Waals surface area contributed by atoms with Crippen molar-refractivity contribution in [3.05, 3.63) is 48.0 Å². The summed E-state index contributed by atoms with van der Waals surface area (Å²) in [5.74, 6) is -5.74. The van der Waals surface area contributed by atoms with Gasteiger partial charge >= 0.3 is 23.9 Å². The van der Waals surface area contributed by atoms with Crippen LogP contribution in [0.25, 0.3) is 10.8 Å². The number of carboxylic acids is 3. The van der Waals surface area contributed by atoms with Crippen LogP contribution in [0.3, 0.4) is 0 Å². The third-order valence-electron chi connectivity index (χ3n) is 10.4. The van der Waals surface area contributed by atoms with Crippen LogP contribution in [-0.4, -0.2) is 147 Å². The minimum absolute atomic E-state index is 0.0491. The highest BCUT2D eigenvalue weighted by atomic mass is 16.5. The van der Waals surface area contributed by atoms with Crippen molar-refractivity contribution in [2.75, 3.05) is 65.8 Å². The fourth-order valence-corrected chi connectivity index (χ4v) is 6.94. The lowest BCUT2D eigenvalue weighted by Crippen LogP contribution is -2.51. The number of fused-ring (bicyclic) bond motifs is 1. The molecule has 0 aliphatic heterocycles. The molecule has 1 aliphatic rings. The van der Waals surface area contributed by atoms with Gasteiger partial charge in [0.15, 0.2) is 0 Å². The van der Waals surface area contributed by atoms with Gasteiger partial charge in [-0.3, -0.25) is 24.0 Å². The van der Waals surface area contributed by atoms with E-state index in [-0.39, 0.29) is 75.1 Å². The number of nitrogens with two attached hydrogens (primary N) is 1. The van der Waals surface area contributed by atoms with Crippen LogP contribution in [0.1, 0.15) is 63.4 Å². The maximum absolute atomic E-state index is 13.6. The Kier molecular flexibility index (Phi) is 24.1. The molecule has 2 aromatic carbocycles. The van der Waals surface area contributed by atoms with Gasteiger partial charge in [-0.25, -0.2) is 14.4 Å². The average molecular weight is 902 g/mol. The van der Waals surface area contributed by atoms with E-state index < -0.39 is 60.8 Å². The smallest absolute Gasteiger partial charge is 0.326 e. The minimum atomic E-state index is -1.53. The molecule has 1 aliphatic carbocycles. The number of benzene rings is 2. The van der Waals surface area contributed by atoms with E-state index in [9.17, 15) is 48.6 Å². The molecule has 354 valence electrons. The number of unbranched alkanes of at least 4 members (excludes halogenated alkanes) is 1. The minimum Gasteiger partial charge on any atom is -0.481 e. The maximum Gasteiger partial charge on any atom is 0.326 e. The number of carbonyl (C=O) groups is 8. The molecule has 0 radical (unpaired) electrons. The molecular formula is C43H63N7O14. The molecule has 0 spiro atoms. The Balaban J connectivity index is 1.43. The number of hydrogen-bond acceptors (Lipinski definition) is 12. The number of aliphatic carboxylic acids is 3. The van der Waals surface area contributed by atoms with Gasteiger partial charge in [-0.2, -0.15) is 0 Å². The number of urea groups is 1. The first kappa shape index (κ1) is 52.4. The van der Waals surface area contributed by atoms with E-state index in [2.05, 4.69) is 31.9 Å². The second-order valence-electron chi connectivity index (χ2n) is 15.4. The van der Waals surface area contributed by atoms with Crippen molar-refractivity contribution in [3.63, 3.8) is 0 Å². The summed E-state index contributed by atoms with van der Waals surface area (Å²) < 4.78 is 15.8. The van der Waals surface area contributed by atoms with E-state index in [4.69, 9.17) is 25.1 Å². The predicted molar refractivity (Wildman–Crippen MR) is 231 cm³/mol. The highest BCUT2D eigenvalue weighted by Crippen LogP contribution is 2.29. The summed E-state index contributed by atoms with van der Waals surface area (Å²) in [5, 5.41) is 45.3. The van der Waals surface area contributed by atoms with Crippen LogP contribution in [0.2, 0.25) is 0 Å². The number of hydrogen-bond donors (Lipinski definition) is 10. The van der Waals surface area contributed by atoms with Gasteiger partial charge in [-0.15, -0.1) is 0 Å². The number of nitrogens with one attached hydrogen (secondary N) is 6.